The first-order valence-electron chi connectivity index (χ1n) is 12.1. The number of fused-ring (bicyclic) bond motifs is 1. The minimum Gasteiger partial charge on any atom is -0.475 e. The van der Waals surface area contributed by atoms with Gasteiger partial charge < -0.3 is 20.6 Å². The van der Waals surface area contributed by atoms with Crippen molar-refractivity contribution in [3.8, 4) is 0 Å². The van der Waals surface area contributed by atoms with Crippen molar-refractivity contribution in [1.82, 2.24) is 15.3 Å². The van der Waals surface area contributed by atoms with Gasteiger partial charge in [-0.05, 0) is 61.9 Å². The minimum absolute atomic E-state index is 0.143. The maximum Gasteiger partial charge on any atom is 0.490 e. The van der Waals surface area contributed by atoms with Crippen LogP contribution in [-0.2, 0) is 4.79 Å². The molecule has 1 aromatic heterocycles. The van der Waals surface area contributed by atoms with E-state index in [1.54, 1.807) is 18.2 Å². The Morgan fingerprint density at radius 2 is 1.62 bits per heavy atom. The van der Waals surface area contributed by atoms with Gasteiger partial charge in [0.05, 0.1) is 5.52 Å². The van der Waals surface area contributed by atoms with Crippen LogP contribution in [0, 0.1) is 5.92 Å². The Bertz CT molecular complexity index is 1300. The largest absolute Gasteiger partial charge is 0.490 e. The van der Waals surface area contributed by atoms with Gasteiger partial charge in [0.15, 0.2) is 0 Å². The number of nitrogens with zero attached hydrogens (tertiary/aromatic N) is 3. The number of carboxylic acid groups (broad SMARTS) is 1. The summed E-state index contributed by atoms with van der Waals surface area (Å²) in [6.07, 6.45) is -1.00. The topological polar surface area (TPSA) is 107 Å². The summed E-state index contributed by atoms with van der Waals surface area (Å²) in [4.78, 5) is 32.8. The summed E-state index contributed by atoms with van der Waals surface area (Å²) in [6.45, 7) is 0.646. The van der Waals surface area contributed by atoms with E-state index >= 15 is 0 Å². The quantitative estimate of drug-likeness (QED) is 0.324. The number of alkyl halides is 3. The highest BCUT2D eigenvalue weighted by atomic mass is 35.5. The lowest BCUT2D eigenvalue weighted by atomic mass is 9.86. The number of carbonyl (C=O) groups excluding carboxylic acids is 1. The summed E-state index contributed by atoms with van der Waals surface area (Å²) < 4.78 is 31.7. The average molecular weight is 586 g/mol. The fourth-order valence-corrected chi connectivity index (χ4v) is 4.71. The second-order valence-corrected chi connectivity index (χ2v) is 10.2. The highest BCUT2D eigenvalue weighted by Gasteiger charge is 2.38. The third-order valence-corrected chi connectivity index (χ3v) is 6.54. The van der Waals surface area contributed by atoms with Crippen LogP contribution in [0.1, 0.15) is 36.0 Å². The summed E-state index contributed by atoms with van der Waals surface area (Å²) in [7, 11) is 3.99. The van der Waals surface area contributed by atoms with Crippen molar-refractivity contribution in [1.29, 1.82) is 0 Å². The number of para-hydroxylation sites is 1. The number of carboxylic acids is 1. The molecule has 3 N–H and O–H groups in total. The van der Waals surface area contributed by atoms with E-state index in [1.807, 2.05) is 43.3 Å². The molecule has 13 heteroatoms. The highest BCUT2D eigenvalue weighted by molar-refractivity contribution is 6.35. The first kappa shape index (κ1) is 30.2. The fraction of sp³-hybridized carbons (Fsp3) is 0.385. The second-order valence-electron chi connectivity index (χ2n) is 9.32. The van der Waals surface area contributed by atoms with Crippen LogP contribution in [-0.4, -0.2) is 59.8 Å². The van der Waals surface area contributed by atoms with E-state index in [2.05, 4.69) is 10.6 Å². The fourth-order valence-electron chi connectivity index (χ4n) is 4.18. The van der Waals surface area contributed by atoms with Crippen LogP contribution in [0.5, 0.6) is 0 Å². The van der Waals surface area contributed by atoms with E-state index < -0.39 is 12.1 Å². The average Bonchev–Trinajstić information content (AvgIpc) is 2.86. The molecule has 1 amide bonds. The number of rotatable bonds is 6. The molecule has 0 aliphatic heterocycles. The molecule has 0 bridgehead atoms. The van der Waals surface area contributed by atoms with Crippen molar-refractivity contribution in [3.63, 3.8) is 0 Å². The van der Waals surface area contributed by atoms with Crippen LogP contribution in [0.4, 0.5) is 24.9 Å². The molecule has 1 fully saturated rings. The lowest BCUT2D eigenvalue weighted by molar-refractivity contribution is -0.192. The van der Waals surface area contributed by atoms with Gasteiger partial charge >= 0.3 is 12.1 Å². The molecule has 0 saturated heterocycles. The van der Waals surface area contributed by atoms with E-state index in [0.29, 0.717) is 40.1 Å². The van der Waals surface area contributed by atoms with E-state index in [4.69, 9.17) is 43.1 Å². The zero-order chi connectivity index (χ0) is 28.7. The molecule has 210 valence electrons. The molecule has 0 radical (unpaired) electrons. The first-order chi connectivity index (χ1) is 18.3. The van der Waals surface area contributed by atoms with Crippen molar-refractivity contribution in [2.24, 2.45) is 5.92 Å². The zero-order valence-corrected chi connectivity index (χ0v) is 22.7. The minimum atomic E-state index is -5.08. The predicted octanol–water partition coefficient (Wildman–Crippen LogP) is 6.04. The van der Waals surface area contributed by atoms with Gasteiger partial charge in [-0.25, -0.2) is 9.78 Å². The summed E-state index contributed by atoms with van der Waals surface area (Å²) in [6, 6.07) is 13.3. The van der Waals surface area contributed by atoms with E-state index in [-0.39, 0.29) is 5.91 Å². The molecule has 1 aliphatic rings. The van der Waals surface area contributed by atoms with Crippen molar-refractivity contribution >= 4 is 57.7 Å². The smallest absolute Gasteiger partial charge is 0.475 e. The lowest BCUT2D eigenvalue weighted by Gasteiger charge is -2.29. The van der Waals surface area contributed by atoms with Gasteiger partial charge in [0.2, 0.25) is 5.95 Å². The number of nitrogens with one attached hydrogen (secondary N) is 2. The Balaban J connectivity index is 0.000000532. The molecular weight excluding hydrogens is 558 g/mol. The Morgan fingerprint density at radius 3 is 2.18 bits per heavy atom. The molecule has 0 atom stereocenters. The number of carbonyl (C=O) groups is 2. The van der Waals surface area contributed by atoms with Crippen LogP contribution in [0.25, 0.3) is 10.9 Å². The molecule has 39 heavy (non-hydrogen) atoms. The van der Waals surface area contributed by atoms with Crippen molar-refractivity contribution in [2.45, 2.75) is 37.9 Å². The Morgan fingerprint density at radius 1 is 1.03 bits per heavy atom. The second kappa shape index (κ2) is 13.2. The molecule has 3 aromatic rings. The number of aromatic nitrogens is 2. The van der Waals surface area contributed by atoms with Crippen molar-refractivity contribution < 1.29 is 27.9 Å². The van der Waals surface area contributed by atoms with Gasteiger partial charge in [-0.1, -0.05) is 35.3 Å². The number of aliphatic carboxylic acids is 1. The summed E-state index contributed by atoms with van der Waals surface area (Å²) in [5, 5.41) is 15.6. The SMILES string of the molecule is CN(C)c1nc(NC2CCC(CNC(=O)c3cc(Cl)cc(Cl)c3)CC2)nc2ccccc12.O=C(O)C(F)(F)F. The van der Waals surface area contributed by atoms with E-state index in [9.17, 15) is 18.0 Å². The summed E-state index contributed by atoms with van der Waals surface area (Å²) in [5.41, 5.74) is 1.43. The third kappa shape index (κ3) is 8.86. The van der Waals surface area contributed by atoms with Gasteiger partial charge in [0, 0.05) is 47.7 Å². The van der Waals surface area contributed by atoms with Crippen molar-refractivity contribution in [2.75, 3.05) is 30.9 Å². The first-order valence-corrected chi connectivity index (χ1v) is 12.8. The molecule has 4 rings (SSSR count). The molecule has 0 spiro atoms. The Hall–Kier alpha value is -3.31. The number of benzene rings is 2. The predicted molar refractivity (Wildman–Crippen MR) is 146 cm³/mol. The third-order valence-electron chi connectivity index (χ3n) is 6.11. The highest BCUT2D eigenvalue weighted by Crippen LogP contribution is 2.28. The molecule has 1 aliphatic carbocycles. The Labute approximate surface area is 233 Å². The standard InChI is InChI=1S/C24H27Cl2N5O.C2HF3O2/c1-31(2)22-20-5-3-4-6-21(20)29-24(30-22)28-19-9-7-15(8-10-19)14-27-23(32)16-11-17(25)13-18(26)12-16;3-2(4,5)1(6)7/h3-6,11-13,15,19H,7-10,14H2,1-2H3,(H,27,32)(H,28,29,30);(H,6,7). The van der Waals surface area contributed by atoms with E-state index in [0.717, 1.165) is 42.4 Å². The number of hydrogen-bond acceptors (Lipinski definition) is 6. The van der Waals surface area contributed by atoms with Crippen LogP contribution < -0.4 is 15.5 Å². The zero-order valence-electron chi connectivity index (χ0n) is 21.2. The van der Waals surface area contributed by atoms with E-state index in [1.165, 1.54) is 0 Å². The van der Waals surface area contributed by atoms with Crippen LogP contribution in [0.3, 0.4) is 0 Å². The van der Waals surface area contributed by atoms with Gasteiger partial charge in [-0.3, -0.25) is 4.79 Å². The Kier molecular flexibility index (Phi) is 10.2. The van der Waals surface area contributed by atoms with Crippen LogP contribution >= 0.6 is 23.2 Å². The van der Waals surface area contributed by atoms with Gasteiger partial charge in [-0.2, -0.15) is 18.2 Å². The molecule has 2 aromatic carbocycles. The number of halogens is 5. The molecule has 0 unspecified atom stereocenters. The number of hydrogen-bond donors (Lipinski definition) is 3. The summed E-state index contributed by atoms with van der Waals surface area (Å²) in [5.74, 6) is -0.873. The molecular formula is C26H28Cl2F3N5O3. The molecule has 1 heterocycles. The van der Waals surface area contributed by atoms with Crippen LogP contribution in [0.2, 0.25) is 10.0 Å². The molecule has 8 nitrogen and oxygen atoms in total. The number of amides is 1. The lowest BCUT2D eigenvalue weighted by Crippen LogP contribution is -2.34. The molecule has 1 saturated carbocycles. The van der Waals surface area contributed by atoms with Crippen molar-refractivity contribution in [3.05, 3.63) is 58.1 Å². The van der Waals surface area contributed by atoms with Crippen LogP contribution in [0.15, 0.2) is 42.5 Å². The summed E-state index contributed by atoms with van der Waals surface area (Å²) >= 11 is 12.0. The monoisotopic (exact) mass is 585 g/mol. The van der Waals surface area contributed by atoms with Gasteiger partial charge in [-0.15, -0.1) is 0 Å². The maximum absolute atomic E-state index is 12.4. The maximum atomic E-state index is 12.4. The normalized spacial score (nSPS) is 17.1. The van der Waals surface area contributed by atoms with Gasteiger partial charge in [0.25, 0.3) is 5.91 Å². The number of anilines is 2. The van der Waals surface area contributed by atoms with Gasteiger partial charge in [0.1, 0.15) is 5.82 Å².